The molecule has 1 aliphatic rings. The highest BCUT2D eigenvalue weighted by Gasteiger charge is 2.32. The molecule has 0 saturated carbocycles. The third kappa shape index (κ3) is 3.55. The van der Waals surface area contributed by atoms with Crippen molar-refractivity contribution in [1.29, 1.82) is 0 Å². The first kappa shape index (κ1) is 11.9. The Kier molecular flexibility index (Phi) is 4.34. The molecule has 1 rings (SSSR count). The van der Waals surface area contributed by atoms with E-state index in [1.165, 1.54) is 0 Å². The Bertz CT molecular complexity index is 260. The third-order valence-corrected chi connectivity index (χ3v) is 4.24. The summed E-state index contributed by atoms with van der Waals surface area (Å²) in [5.41, 5.74) is 0. The topological polar surface area (TPSA) is 63.6 Å². The molecule has 1 fully saturated rings. The zero-order valence-corrected chi connectivity index (χ0v) is 9.29. The number of rotatable bonds is 5. The molecule has 0 aromatic rings. The van der Waals surface area contributed by atoms with Gasteiger partial charge < -0.3 is 9.84 Å². The number of ether oxygens (including phenoxy) is 1. The summed E-state index contributed by atoms with van der Waals surface area (Å²) in [4.78, 5) is 0. The van der Waals surface area contributed by atoms with Gasteiger partial charge in [0, 0.05) is 12.5 Å². The molecule has 0 radical (unpaired) electrons. The highest BCUT2D eigenvalue weighted by molar-refractivity contribution is 7.91. The van der Waals surface area contributed by atoms with Gasteiger partial charge in [0.2, 0.25) is 0 Å². The van der Waals surface area contributed by atoms with Crippen LogP contribution >= 0.6 is 0 Å². The minimum atomic E-state index is -2.89. The monoisotopic (exact) mass is 222 g/mol. The lowest BCUT2D eigenvalue weighted by molar-refractivity contribution is 0.0109. The zero-order chi connectivity index (χ0) is 10.6. The van der Waals surface area contributed by atoms with Crippen LogP contribution in [0.1, 0.15) is 19.8 Å². The van der Waals surface area contributed by atoms with E-state index in [0.29, 0.717) is 13.0 Å². The summed E-state index contributed by atoms with van der Waals surface area (Å²) in [5.74, 6) is 0.198. The van der Waals surface area contributed by atoms with Gasteiger partial charge in [-0.25, -0.2) is 8.42 Å². The first-order valence-corrected chi connectivity index (χ1v) is 6.83. The SMILES string of the molecule is CCCOCC(O)C1CCS(=O)(=O)C1. The highest BCUT2D eigenvalue weighted by Crippen LogP contribution is 2.21. The number of hydrogen-bond donors (Lipinski definition) is 1. The van der Waals surface area contributed by atoms with Gasteiger partial charge >= 0.3 is 0 Å². The zero-order valence-electron chi connectivity index (χ0n) is 8.48. The Morgan fingerprint density at radius 3 is 2.79 bits per heavy atom. The predicted octanol–water partition coefficient (Wildman–Crippen LogP) is 0.209. The van der Waals surface area contributed by atoms with Gasteiger partial charge in [-0.2, -0.15) is 0 Å². The molecule has 1 aliphatic heterocycles. The van der Waals surface area contributed by atoms with Crippen LogP contribution in [0.2, 0.25) is 0 Å². The number of sulfone groups is 1. The molecule has 0 aromatic heterocycles. The van der Waals surface area contributed by atoms with E-state index < -0.39 is 15.9 Å². The Labute approximate surface area is 85.2 Å². The van der Waals surface area contributed by atoms with Crippen LogP contribution < -0.4 is 0 Å². The average molecular weight is 222 g/mol. The second-order valence-corrected chi connectivity index (χ2v) is 6.03. The van der Waals surface area contributed by atoms with E-state index in [1.54, 1.807) is 0 Å². The van der Waals surface area contributed by atoms with Gasteiger partial charge in [0.1, 0.15) is 0 Å². The highest BCUT2D eigenvalue weighted by atomic mass is 32.2. The van der Waals surface area contributed by atoms with Crippen LogP contribution in [0.5, 0.6) is 0 Å². The van der Waals surface area contributed by atoms with E-state index in [1.807, 2.05) is 6.92 Å². The lowest BCUT2D eigenvalue weighted by Gasteiger charge is -2.16. The fourth-order valence-electron chi connectivity index (χ4n) is 1.61. The molecule has 4 nitrogen and oxygen atoms in total. The molecule has 0 bridgehead atoms. The third-order valence-electron chi connectivity index (χ3n) is 2.45. The molecule has 14 heavy (non-hydrogen) atoms. The first-order valence-electron chi connectivity index (χ1n) is 5.01. The molecule has 1 heterocycles. The molecule has 0 spiro atoms. The number of aliphatic hydroxyl groups excluding tert-OH is 1. The molecule has 2 unspecified atom stereocenters. The van der Waals surface area contributed by atoms with E-state index >= 15 is 0 Å². The summed E-state index contributed by atoms with van der Waals surface area (Å²) in [6.07, 6.45) is 0.855. The fourth-order valence-corrected chi connectivity index (χ4v) is 3.48. The van der Waals surface area contributed by atoms with E-state index in [9.17, 15) is 13.5 Å². The van der Waals surface area contributed by atoms with Crippen molar-refractivity contribution < 1.29 is 18.3 Å². The molecular weight excluding hydrogens is 204 g/mol. The Morgan fingerprint density at radius 1 is 1.57 bits per heavy atom. The van der Waals surface area contributed by atoms with Crippen LogP contribution in [0.15, 0.2) is 0 Å². The second kappa shape index (κ2) is 5.09. The molecule has 1 saturated heterocycles. The summed E-state index contributed by atoms with van der Waals surface area (Å²) >= 11 is 0. The number of aliphatic hydroxyl groups is 1. The molecule has 5 heteroatoms. The van der Waals surface area contributed by atoms with Gasteiger partial charge in [0.05, 0.1) is 24.2 Å². The average Bonchev–Trinajstić information content (AvgIpc) is 2.46. The van der Waals surface area contributed by atoms with Crippen molar-refractivity contribution in [3.8, 4) is 0 Å². The van der Waals surface area contributed by atoms with E-state index in [0.717, 1.165) is 6.42 Å². The molecule has 2 atom stereocenters. The minimum absolute atomic E-state index is 0.115. The maximum absolute atomic E-state index is 11.1. The maximum Gasteiger partial charge on any atom is 0.150 e. The first-order chi connectivity index (χ1) is 6.55. The largest absolute Gasteiger partial charge is 0.390 e. The second-order valence-electron chi connectivity index (χ2n) is 3.81. The Morgan fingerprint density at radius 2 is 2.29 bits per heavy atom. The summed E-state index contributed by atoms with van der Waals surface area (Å²) in [7, 11) is -2.89. The van der Waals surface area contributed by atoms with Gasteiger partial charge in [0.25, 0.3) is 0 Å². The van der Waals surface area contributed by atoms with Gasteiger partial charge in [-0.05, 0) is 12.8 Å². The molecule has 0 aromatic carbocycles. The van der Waals surface area contributed by atoms with Crippen molar-refractivity contribution in [1.82, 2.24) is 0 Å². The van der Waals surface area contributed by atoms with Crippen molar-refractivity contribution in [2.75, 3.05) is 24.7 Å². The predicted molar refractivity (Wildman–Crippen MR) is 53.9 cm³/mol. The summed E-state index contributed by atoms with van der Waals surface area (Å²) < 4.78 is 27.4. The van der Waals surface area contributed by atoms with Crippen molar-refractivity contribution >= 4 is 9.84 Å². The normalized spacial score (nSPS) is 27.7. The van der Waals surface area contributed by atoms with Gasteiger partial charge in [-0.15, -0.1) is 0 Å². The van der Waals surface area contributed by atoms with Crippen LogP contribution in [0, 0.1) is 5.92 Å². The lowest BCUT2D eigenvalue weighted by atomic mass is 10.0. The van der Waals surface area contributed by atoms with Gasteiger partial charge in [-0.1, -0.05) is 6.92 Å². The van der Waals surface area contributed by atoms with Gasteiger partial charge in [-0.3, -0.25) is 0 Å². The molecular formula is C9H18O4S. The van der Waals surface area contributed by atoms with Crippen LogP contribution in [-0.2, 0) is 14.6 Å². The van der Waals surface area contributed by atoms with Crippen LogP contribution in [0.4, 0.5) is 0 Å². The standard InChI is InChI=1S/C9H18O4S/c1-2-4-13-6-9(10)8-3-5-14(11,12)7-8/h8-10H,2-7H2,1H3. The quantitative estimate of drug-likeness (QED) is 0.675. The number of hydrogen-bond acceptors (Lipinski definition) is 4. The molecule has 1 N–H and O–H groups in total. The maximum atomic E-state index is 11.1. The molecule has 0 aliphatic carbocycles. The van der Waals surface area contributed by atoms with Crippen molar-refractivity contribution in [2.45, 2.75) is 25.9 Å². The summed E-state index contributed by atoms with van der Waals surface area (Å²) in [5, 5.41) is 9.62. The van der Waals surface area contributed by atoms with Crippen molar-refractivity contribution in [3.05, 3.63) is 0 Å². The smallest absolute Gasteiger partial charge is 0.150 e. The van der Waals surface area contributed by atoms with E-state index in [2.05, 4.69) is 0 Å². The summed E-state index contributed by atoms with van der Waals surface area (Å²) in [6, 6.07) is 0. The van der Waals surface area contributed by atoms with Crippen molar-refractivity contribution in [2.24, 2.45) is 5.92 Å². The van der Waals surface area contributed by atoms with Crippen LogP contribution in [0.25, 0.3) is 0 Å². The van der Waals surface area contributed by atoms with Crippen molar-refractivity contribution in [3.63, 3.8) is 0 Å². The Hall–Kier alpha value is -0.130. The fraction of sp³-hybridized carbons (Fsp3) is 1.00. The molecule has 84 valence electrons. The van der Waals surface area contributed by atoms with Crippen LogP contribution in [0.3, 0.4) is 0 Å². The minimum Gasteiger partial charge on any atom is -0.390 e. The van der Waals surface area contributed by atoms with E-state index in [4.69, 9.17) is 4.74 Å². The van der Waals surface area contributed by atoms with Gasteiger partial charge in [0.15, 0.2) is 9.84 Å². The van der Waals surface area contributed by atoms with Crippen LogP contribution in [-0.4, -0.2) is 44.3 Å². The summed E-state index contributed by atoms with van der Waals surface area (Å²) in [6.45, 7) is 2.87. The molecule has 0 amide bonds. The lowest BCUT2D eigenvalue weighted by Crippen LogP contribution is -2.26. The Balaban J connectivity index is 2.29. The van der Waals surface area contributed by atoms with E-state index in [-0.39, 0.29) is 24.0 Å².